The van der Waals surface area contributed by atoms with Crippen LogP contribution < -0.4 is 5.73 Å². The van der Waals surface area contributed by atoms with Crippen molar-refractivity contribution in [1.82, 2.24) is 15.2 Å². The van der Waals surface area contributed by atoms with Crippen molar-refractivity contribution in [3.05, 3.63) is 47.3 Å². The highest BCUT2D eigenvalue weighted by atomic mass is 15.2. The lowest BCUT2D eigenvalue weighted by atomic mass is 10.1. The maximum absolute atomic E-state index is 9.35. The lowest BCUT2D eigenvalue weighted by molar-refractivity contribution is 1.08. The third-order valence-corrected chi connectivity index (χ3v) is 3.22. The normalized spacial score (nSPS) is 11.2. The number of nitrogens with one attached hydrogen (secondary N) is 2. The van der Waals surface area contributed by atoms with E-state index in [4.69, 9.17) is 11.0 Å². The highest BCUT2D eigenvalue weighted by molar-refractivity contribution is 5.98. The zero-order valence-electron chi connectivity index (χ0n) is 10.9. The maximum atomic E-state index is 9.35. The second-order valence-electron chi connectivity index (χ2n) is 4.43. The number of nitriles is 2. The molecule has 0 radical (unpaired) electrons. The van der Waals surface area contributed by atoms with E-state index in [-0.39, 0.29) is 11.4 Å². The van der Waals surface area contributed by atoms with Gasteiger partial charge in [0.15, 0.2) is 5.82 Å². The Bertz CT molecular complexity index is 929. The minimum Gasteiger partial charge on any atom is -0.381 e. The van der Waals surface area contributed by atoms with Crippen LogP contribution in [0, 0.1) is 22.7 Å². The number of anilines is 1. The molecule has 0 unspecified atom stereocenters. The topological polar surface area (TPSA) is 118 Å². The van der Waals surface area contributed by atoms with Crippen LogP contribution in [0.15, 0.2) is 30.5 Å². The molecule has 0 spiro atoms. The van der Waals surface area contributed by atoms with Crippen molar-refractivity contribution in [2.24, 2.45) is 0 Å². The molecule has 0 aliphatic carbocycles. The second-order valence-corrected chi connectivity index (χ2v) is 4.43. The monoisotopic (exact) mass is 274 g/mol. The summed E-state index contributed by atoms with van der Waals surface area (Å²) in [4.78, 5) is 3.13. The average Bonchev–Trinajstić information content (AvgIpc) is 3.08. The van der Waals surface area contributed by atoms with Crippen molar-refractivity contribution in [3.8, 4) is 12.1 Å². The highest BCUT2D eigenvalue weighted by Gasteiger charge is 2.15. The van der Waals surface area contributed by atoms with Crippen LogP contribution in [0.3, 0.4) is 0 Å². The van der Waals surface area contributed by atoms with Crippen LogP contribution in [0.4, 0.5) is 5.82 Å². The Hall–Kier alpha value is -3.51. The maximum Gasteiger partial charge on any atom is 0.163 e. The van der Waals surface area contributed by atoms with Gasteiger partial charge in [-0.05, 0) is 12.1 Å². The molecular weight excluding hydrogens is 264 g/mol. The summed E-state index contributed by atoms with van der Waals surface area (Å²) < 4.78 is 0. The molecule has 0 saturated carbocycles. The first-order valence-corrected chi connectivity index (χ1v) is 6.17. The Labute approximate surface area is 120 Å². The molecular formula is C15H10N6. The lowest BCUT2D eigenvalue weighted by Crippen LogP contribution is -1.89. The number of nitrogen functional groups attached to an aromatic ring is 1. The zero-order valence-corrected chi connectivity index (χ0v) is 10.9. The van der Waals surface area contributed by atoms with E-state index >= 15 is 0 Å². The van der Waals surface area contributed by atoms with Crippen LogP contribution in [0.1, 0.15) is 16.8 Å². The Morgan fingerprint density at radius 2 is 2.10 bits per heavy atom. The molecule has 2 aromatic heterocycles. The first kappa shape index (κ1) is 12.5. The molecule has 0 fully saturated rings. The van der Waals surface area contributed by atoms with Gasteiger partial charge in [-0.25, -0.2) is 0 Å². The van der Waals surface area contributed by atoms with Gasteiger partial charge in [-0.15, -0.1) is 0 Å². The van der Waals surface area contributed by atoms with Gasteiger partial charge in [0.05, 0.1) is 11.3 Å². The fraction of sp³-hybridized carbons (Fsp3) is 0. The number of fused-ring (bicyclic) bond motifs is 1. The minimum absolute atomic E-state index is 0.0903. The summed E-state index contributed by atoms with van der Waals surface area (Å²) in [5.74, 6) is 0.0903. The van der Waals surface area contributed by atoms with Gasteiger partial charge in [-0.1, -0.05) is 18.2 Å². The third kappa shape index (κ3) is 2.01. The van der Waals surface area contributed by atoms with Crippen molar-refractivity contribution >= 4 is 28.4 Å². The lowest BCUT2D eigenvalue weighted by Gasteiger charge is -1.96. The molecule has 21 heavy (non-hydrogen) atoms. The van der Waals surface area contributed by atoms with Gasteiger partial charge >= 0.3 is 0 Å². The van der Waals surface area contributed by atoms with E-state index in [9.17, 15) is 5.26 Å². The number of nitrogens with two attached hydrogens (primary N) is 1. The van der Waals surface area contributed by atoms with Crippen molar-refractivity contribution < 1.29 is 0 Å². The van der Waals surface area contributed by atoms with Gasteiger partial charge in [0.2, 0.25) is 0 Å². The summed E-state index contributed by atoms with van der Waals surface area (Å²) in [5, 5.41) is 25.9. The van der Waals surface area contributed by atoms with E-state index in [2.05, 4.69) is 21.3 Å². The Morgan fingerprint density at radius 1 is 1.29 bits per heavy atom. The van der Waals surface area contributed by atoms with Crippen molar-refractivity contribution in [3.63, 3.8) is 0 Å². The van der Waals surface area contributed by atoms with Gasteiger partial charge in [0.1, 0.15) is 17.7 Å². The molecule has 0 aliphatic heterocycles. The predicted molar refractivity (Wildman–Crippen MR) is 79.5 cm³/mol. The number of aromatic amines is 2. The zero-order chi connectivity index (χ0) is 14.8. The van der Waals surface area contributed by atoms with Gasteiger partial charge in [0.25, 0.3) is 0 Å². The summed E-state index contributed by atoms with van der Waals surface area (Å²) in [7, 11) is 0. The molecule has 3 rings (SSSR count). The highest BCUT2D eigenvalue weighted by Crippen LogP contribution is 2.25. The Morgan fingerprint density at radius 3 is 2.86 bits per heavy atom. The third-order valence-electron chi connectivity index (χ3n) is 3.22. The van der Waals surface area contributed by atoms with Crippen LogP contribution in [0.25, 0.3) is 22.6 Å². The first-order valence-electron chi connectivity index (χ1n) is 6.17. The van der Waals surface area contributed by atoms with E-state index in [1.807, 2.05) is 36.5 Å². The number of rotatable bonds is 2. The quantitative estimate of drug-likeness (QED) is 0.622. The molecule has 3 aromatic rings. The molecule has 0 bridgehead atoms. The van der Waals surface area contributed by atoms with Gasteiger partial charge in [0, 0.05) is 22.7 Å². The summed E-state index contributed by atoms with van der Waals surface area (Å²) in [6.45, 7) is 0. The SMILES string of the molecule is N#C/C(=C\c1c[nH]c2ccccc12)c1[nH]nc(N)c1C#N. The van der Waals surface area contributed by atoms with Crippen LogP contribution in [-0.2, 0) is 0 Å². The van der Waals surface area contributed by atoms with Crippen LogP contribution in [-0.4, -0.2) is 15.2 Å². The average molecular weight is 274 g/mol. The van der Waals surface area contributed by atoms with Crippen LogP contribution >= 0.6 is 0 Å². The van der Waals surface area contributed by atoms with Gasteiger partial charge in [-0.3, -0.25) is 5.10 Å². The molecule has 6 heteroatoms. The van der Waals surface area contributed by atoms with Gasteiger partial charge in [-0.2, -0.15) is 15.6 Å². The molecule has 0 amide bonds. The molecule has 2 heterocycles. The molecule has 6 nitrogen and oxygen atoms in total. The largest absolute Gasteiger partial charge is 0.381 e. The molecule has 100 valence electrons. The summed E-state index contributed by atoms with van der Waals surface area (Å²) in [6, 6.07) is 11.8. The molecule has 4 N–H and O–H groups in total. The summed E-state index contributed by atoms with van der Waals surface area (Å²) in [6.07, 6.45) is 3.51. The molecule has 0 aliphatic rings. The predicted octanol–water partition coefficient (Wildman–Crippen LogP) is 2.41. The number of H-pyrrole nitrogens is 2. The van der Waals surface area contributed by atoms with E-state index < -0.39 is 0 Å². The second kappa shape index (κ2) is 4.87. The molecule has 0 atom stereocenters. The van der Waals surface area contributed by atoms with Crippen molar-refractivity contribution in [1.29, 1.82) is 10.5 Å². The number of allylic oxidation sites excluding steroid dienone is 1. The molecule has 1 aromatic carbocycles. The number of aromatic nitrogens is 3. The number of hydrogen-bond donors (Lipinski definition) is 3. The van der Waals surface area contributed by atoms with Crippen molar-refractivity contribution in [2.75, 3.05) is 5.73 Å². The fourth-order valence-corrected chi connectivity index (χ4v) is 2.19. The van der Waals surface area contributed by atoms with E-state index in [1.54, 1.807) is 6.08 Å². The number of hydrogen-bond acceptors (Lipinski definition) is 4. The van der Waals surface area contributed by atoms with E-state index in [0.717, 1.165) is 16.5 Å². The van der Waals surface area contributed by atoms with Gasteiger partial charge < -0.3 is 10.7 Å². The van der Waals surface area contributed by atoms with E-state index in [0.29, 0.717) is 11.3 Å². The smallest absolute Gasteiger partial charge is 0.163 e. The molecule has 0 saturated heterocycles. The standard InChI is InChI=1S/C15H10N6/c16-6-9(14-12(7-17)15(18)21-20-14)5-10-8-19-13-4-2-1-3-11(10)13/h1-5,8,19H,(H3,18,20,21)/b9-5+. The summed E-state index contributed by atoms with van der Waals surface area (Å²) >= 11 is 0. The number of para-hydroxylation sites is 1. The van der Waals surface area contributed by atoms with E-state index in [1.165, 1.54) is 0 Å². The number of nitrogens with zero attached hydrogens (tertiary/aromatic N) is 3. The van der Waals surface area contributed by atoms with Crippen molar-refractivity contribution in [2.45, 2.75) is 0 Å². The summed E-state index contributed by atoms with van der Waals surface area (Å²) in [5.41, 5.74) is 8.26. The number of benzene rings is 1. The Balaban J connectivity index is 2.16. The van der Waals surface area contributed by atoms with Crippen LogP contribution in [0.5, 0.6) is 0 Å². The minimum atomic E-state index is 0.0903. The van der Waals surface area contributed by atoms with Crippen LogP contribution in [0.2, 0.25) is 0 Å². The Kier molecular flexibility index (Phi) is 2.91. The fourth-order valence-electron chi connectivity index (χ4n) is 2.19. The first-order chi connectivity index (χ1) is 10.2.